The van der Waals surface area contributed by atoms with E-state index in [9.17, 15) is 14.7 Å². The fourth-order valence-electron chi connectivity index (χ4n) is 3.52. The molecule has 0 saturated carbocycles. The van der Waals surface area contributed by atoms with Crippen molar-refractivity contribution in [3.8, 4) is 5.75 Å². The number of benzene rings is 1. The Hall–Kier alpha value is -2.90. The second kappa shape index (κ2) is 9.28. The Morgan fingerprint density at radius 1 is 1.30 bits per heavy atom. The standard InChI is InChI=1S/C22H24ClN3O4/c1-25(2)10-5-11-26-19(15-6-4-9-24-13-15)18(21(28)22(26)29)20(27)14-7-8-17(30-3)16(23)12-14/h4,6-9,12-13,19,27H,5,10-11H2,1-3H3/b20-18-. The third-order valence-corrected chi connectivity index (χ3v) is 5.27. The van der Waals surface area contributed by atoms with Gasteiger partial charge in [-0.25, -0.2) is 0 Å². The van der Waals surface area contributed by atoms with Gasteiger partial charge in [0.1, 0.15) is 11.5 Å². The highest BCUT2D eigenvalue weighted by Gasteiger charge is 2.45. The predicted octanol–water partition coefficient (Wildman–Crippen LogP) is 3.12. The summed E-state index contributed by atoms with van der Waals surface area (Å²) >= 11 is 6.19. The van der Waals surface area contributed by atoms with Crippen LogP contribution >= 0.6 is 11.6 Å². The van der Waals surface area contributed by atoms with E-state index in [4.69, 9.17) is 16.3 Å². The molecule has 1 N–H and O–H groups in total. The molecule has 2 aromatic rings. The van der Waals surface area contributed by atoms with Gasteiger partial charge in [-0.15, -0.1) is 0 Å². The Balaban J connectivity index is 2.08. The molecule has 0 aliphatic carbocycles. The first-order valence-electron chi connectivity index (χ1n) is 9.52. The van der Waals surface area contributed by atoms with E-state index in [1.807, 2.05) is 19.0 Å². The molecule has 1 unspecified atom stereocenters. The molecule has 3 rings (SSSR count). The smallest absolute Gasteiger partial charge is 0.295 e. The third-order valence-electron chi connectivity index (χ3n) is 4.97. The minimum absolute atomic E-state index is 0.0269. The van der Waals surface area contributed by atoms with Crippen LogP contribution in [0.4, 0.5) is 0 Å². The first kappa shape index (κ1) is 21.8. The molecular weight excluding hydrogens is 406 g/mol. The highest BCUT2D eigenvalue weighted by Crippen LogP contribution is 2.40. The lowest BCUT2D eigenvalue weighted by Gasteiger charge is -2.25. The first-order valence-corrected chi connectivity index (χ1v) is 9.90. The fourth-order valence-corrected chi connectivity index (χ4v) is 3.78. The van der Waals surface area contributed by atoms with Gasteiger partial charge in [0.2, 0.25) is 0 Å². The number of hydrogen-bond acceptors (Lipinski definition) is 6. The molecule has 1 atom stereocenters. The van der Waals surface area contributed by atoms with Gasteiger partial charge in [0.15, 0.2) is 0 Å². The quantitative estimate of drug-likeness (QED) is 0.413. The maximum absolute atomic E-state index is 12.9. The molecule has 30 heavy (non-hydrogen) atoms. The normalized spacial score (nSPS) is 18.3. The van der Waals surface area contributed by atoms with Crippen molar-refractivity contribution in [2.45, 2.75) is 12.5 Å². The summed E-state index contributed by atoms with van der Waals surface area (Å²) in [6.07, 6.45) is 3.90. The van der Waals surface area contributed by atoms with E-state index in [0.717, 1.165) is 6.54 Å². The molecule has 1 aliphatic rings. The molecule has 1 aromatic carbocycles. The summed E-state index contributed by atoms with van der Waals surface area (Å²) in [7, 11) is 5.38. The number of nitrogens with zero attached hydrogens (tertiary/aromatic N) is 3. The van der Waals surface area contributed by atoms with Gasteiger partial charge in [-0.2, -0.15) is 0 Å². The number of ketones is 1. The van der Waals surface area contributed by atoms with E-state index in [1.165, 1.54) is 18.1 Å². The van der Waals surface area contributed by atoms with Crippen molar-refractivity contribution < 1.29 is 19.4 Å². The number of amides is 1. The largest absolute Gasteiger partial charge is 0.507 e. The van der Waals surface area contributed by atoms with Crippen LogP contribution in [0.5, 0.6) is 5.75 Å². The highest BCUT2D eigenvalue weighted by molar-refractivity contribution is 6.46. The number of aliphatic hydroxyl groups excluding tert-OH is 1. The van der Waals surface area contributed by atoms with E-state index in [2.05, 4.69) is 4.98 Å². The Kier molecular flexibility index (Phi) is 6.74. The fraction of sp³-hybridized carbons (Fsp3) is 0.318. The van der Waals surface area contributed by atoms with Crippen molar-refractivity contribution in [2.75, 3.05) is 34.3 Å². The van der Waals surface area contributed by atoms with Crippen molar-refractivity contribution in [1.82, 2.24) is 14.8 Å². The van der Waals surface area contributed by atoms with E-state index >= 15 is 0 Å². The van der Waals surface area contributed by atoms with Gasteiger partial charge in [-0.05, 0) is 56.9 Å². The van der Waals surface area contributed by atoms with Crippen LogP contribution in [0.15, 0.2) is 48.3 Å². The molecule has 8 heteroatoms. The Morgan fingerprint density at radius 2 is 2.07 bits per heavy atom. The Labute approximate surface area is 180 Å². The summed E-state index contributed by atoms with van der Waals surface area (Å²) in [6.45, 7) is 1.14. The summed E-state index contributed by atoms with van der Waals surface area (Å²) in [6, 6.07) is 7.51. The van der Waals surface area contributed by atoms with Gasteiger partial charge in [-0.3, -0.25) is 14.6 Å². The van der Waals surface area contributed by atoms with Gasteiger partial charge in [0, 0.05) is 24.5 Å². The van der Waals surface area contributed by atoms with E-state index in [0.29, 0.717) is 34.9 Å². The SMILES string of the molecule is COc1ccc(/C(O)=C2/C(=O)C(=O)N(CCCN(C)C)C2c2cccnc2)cc1Cl. The molecule has 1 saturated heterocycles. The summed E-state index contributed by atoms with van der Waals surface area (Å²) in [5.41, 5.74) is 1.02. The van der Waals surface area contributed by atoms with Gasteiger partial charge < -0.3 is 19.6 Å². The second-order valence-corrected chi connectivity index (χ2v) is 7.69. The third kappa shape index (κ3) is 4.32. The Morgan fingerprint density at radius 3 is 2.67 bits per heavy atom. The van der Waals surface area contributed by atoms with Gasteiger partial charge >= 0.3 is 0 Å². The molecule has 0 spiro atoms. The summed E-state index contributed by atoms with van der Waals surface area (Å²) < 4.78 is 5.14. The minimum Gasteiger partial charge on any atom is -0.507 e. The average molecular weight is 430 g/mol. The molecule has 1 aromatic heterocycles. The maximum Gasteiger partial charge on any atom is 0.295 e. The molecule has 1 aliphatic heterocycles. The lowest BCUT2D eigenvalue weighted by Crippen LogP contribution is -2.32. The van der Waals surface area contributed by atoms with Gasteiger partial charge in [0.25, 0.3) is 11.7 Å². The molecule has 1 fully saturated rings. The molecule has 2 heterocycles. The number of Topliss-reactive ketones (excluding diaryl/α,β-unsaturated/α-hetero) is 1. The Bertz CT molecular complexity index is 976. The number of likely N-dealkylation sites (tertiary alicyclic amines) is 1. The zero-order valence-electron chi connectivity index (χ0n) is 17.1. The topological polar surface area (TPSA) is 83.0 Å². The van der Waals surface area contributed by atoms with Crippen molar-refractivity contribution in [2.24, 2.45) is 0 Å². The molecular formula is C22H24ClN3O4. The molecule has 1 amide bonds. The van der Waals surface area contributed by atoms with Crippen molar-refractivity contribution in [3.05, 3.63) is 64.4 Å². The van der Waals surface area contributed by atoms with Crippen LogP contribution in [0.25, 0.3) is 5.76 Å². The number of methoxy groups -OCH3 is 1. The van der Waals surface area contributed by atoms with Crippen LogP contribution in [0.2, 0.25) is 5.02 Å². The van der Waals surface area contributed by atoms with Crippen LogP contribution in [0.3, 0.4) is 0 Å². The highest BCUT2D eigenvalue weighted by atomic mass is 35.5. The number of carbonyl (C=O) groups is 2. The van der Waals surface area contributed by atoms with E-state index < -0.39 is 17.7 Å². The van der Waals surface area contributed by atoms with Crippen molar-refractivity contribution >= 4 is 29.1 Å². The molecule has 0 radical (unpaired) electrons. The monoisotopic (exact) mass is 429 g/mol. The summed E-state index contributed by atoms with van der Waals surface area (Å²) in [5.74, 6) is -1.19. The number of aromatic nitrogens is 1. The molecule has 7 nitrogen and oxygen atoms in total. The van der Waals surface area contributed by atoms with Crippen LogP contribution in [0.1, 0.15) is 23.6 Å². The van der Waals surface area contributed by atoms with Crippen LogP contribution < -0.4 is 4.74 Å². The lowest BCUT2D eigenvalue weighted by molar-refractivity contribution is -0.139. The van der Waals surface area contributed by atoms with Crippen molar-refractivity contribution in [3.63, 3.8) is 0 Å². The maximum atomic E-state index is 12.9. The number of halogens is 1. The molecule has 158 valence electrons. The molecule has 0 bridgehead atoms. The number of carbonyl (C=O) groups excluding carboxylic acids is 2. The average Bonchev–Trinajstić information content (AvgIpc) is 2.98. The predicted molar refractivity (Wildman–Crippen MR) is 114 cm³/mol. The number of ether oxygens (including phenoxy) is 1. The first-order chi connectivity index (χ1) is 14.3. The summed E-state index contributed by atoms with van der Waals surface area (Å²) in [5, 5.41) is 11.3. The minimum atomic E-state index is -0.724. The van der Waals surface area contributed by atoms with Crippen LogP contribution in [-0.4, -0.2) is 65.9 Å². The van der Waals surface area contributed by atoms with Crippen LogP contribution in [-0.2, 0) is 9.59 Å². The number of pyridine rings is 1. The summed E-state index contributed by atoms with van der Waals surface area (Å²) in [4.78, 5) is 33.4. The second-order valence-electron chi connectivity index (χ2n) is 7.29. The zero-order valence-corrected chi connectivity index (χ0v) is 17.9. The van der Waals surface area contributed by atoms with Gasteiger partial charge in [0.05, 0.1) is 23.7 Å². The van der Waals surface area contributed by atoms with E-state index in [-0.39, 0.29) is 11.3 Å². The van der Waals surface area contributed by atoms with Gasteiger partial charge in [-0.1, -0.05) is 17.7 Å². The van der Waals surface area contributed by atoms with Crippen LogP contribution in [0, 0.1) is 0 Å². The van der Waals surface area contributed by atoms with E-state index in [1.54, 1.807) is 36.7 Å². The zero-order chi connectivity index (χ0) is 21.8. The number of rotatable bonds is 7. The number of aliphatic hydroxyl groups is 1. The lowest BCUT2D eigenvalue weighted by atomic mass is 9.96. The van der Waals surface area contributed by atoms with Crippen molar-refractivity contribution in [1.29, 1.82) is 0 Å². The number of hydrogen-bond donors (Lipinski definition) is 1.